The van der Waals surface area contributed by atoms with E-state index >= 15 is 0 Å². The van der Waals surface area contributed by atoms with Gasteiger partial charge in [-0.1, -0.05) is 33.8 Å². The van der Waals surface area contributed by atoms with Gasteiger partial charge in [0.1, 0.15) is 0 Å². The van der Waals surface area contributed by atoms with E-state index in [0.717, 1.165) is 11.5 Å². The van der Waals surface area contributed by atoms with Crippen LogP contribution in [0.3, 0.4) is 0 Å². The molecule has 0 aromatic heterocycles. The summed E-state index contributed by atoms with van der Waals surface area (Å²) in [6.45, 7) is 17.0. The van der Waals surface area contributed by atoms with Crippen molar-refractivity contribution in [2.24, 2.45) is 5.41 Å². The minimum atomic E-state index is -0.684. The van der Waals surface area contributed by atoms with Gasteiger partial charge in [0.2, 0.25) is 0 Å². The molecule has 0 fully saturated rings. The van der Waals surface area contributed by atoms with E-state index in [4.69, 9.17) is 9.57 Å². The first-order valence-corrected chi connectivity index (χ1v) is 7.31. The Morgan fingerprint density at radius 2 is 1.67 bits per heavy atom. The molecule has 21 heavy (non-hydrogen) atoms. The molecule has 0 aromatic carbocycles. The summed E-state index contributed by atoms with van der Waals surface area (Å²) in [5.74, 6) is -0.634. The third-order valence-electron chi connectivity index (χ3n) is 3.37. The molecule has 0 unspecified atom stereocenters. The van der Waals surface area contributed by atoms with E-state index in [1.807, 2.05) is 13.8 Å². The van der Waals surface area contributed by atoms with Gasteiger partial charge in [-0.3, -0.25) is 0 Å². The lowest BCUT2D eigenvalue weighted by Crippen LogP contribution is -2.51. The van der Waals surface area contributed by atoms with E-state index in [2.05, 4.69) is 27.4 Å². The minimum absolute atomic E-state index is 0.00385. The zero-order chi connectivity index (χ0) is 16.8. The Balaban J connectivity index is 5.30. The highest BCUT2D eigenvalue weighted by Crippen LogP contribution is 2.35. The van der Waals surface area contributed by atoms with Crippen LogP contribution in [0.25, 0.3) is 0 Å². The van der Waals surface area contributed by atoms with Crippen LogP contribution in [0.15, 0.2) is 12.2 Å². The molecule has 5 heteroatoms. The summed E-state index contributed by atoms with van der Waals surface area (Å²) in [7, 11) is 0. The van der Waals surface area contributed by atoms with E-state index in [1.54, 1.807) is 6.92 Å². The van der Waals surface area contributed by atoms with Gasteiger partial charge in [-0.2, -0.15) is 0 Å². The SMILES string of the molecule is C=C(C)C(=O)ON(C(=O)OCC)C(C)(C)CC(C)(C)CC. The van der Waals surface area contributed by atoms with Crippen LogP contribution >= 0.6 is 0 Å². The molecule has 0 aliphatic rings. The summed E-state index contributed by atoms with van der Waals surface area (Å²) in [6, 6.07) is 0. The van der Waals surface area contributed by atoms with Crippen LogP contribution in [0.1, 0.15) is 61.3 Å². The number of hydroxylamine groups is 2. The summed E-state index contributed by atoms with van der Waals surface area (Å²) >= 11 is 0. The van der Waals surface area contributed by atoms with Gasteiger partial charge >= 0.3 is 12.1 Å². The normalized spacial score (nSPS) is 11.8. The van der Waals surface area contributed by atoms with E-state index < -0.39 is 17.6 Å². The van der Waals surface area contributed by atoms with Crippen LogP contribution in [0, 0.1) is 5.41 Å². The van der Waals surface area contributed by atoms with Crippen LogP contribution < -0.4 is 0 Å². The molecule has 0 heterocycles. The van der Waals surface area contributed by atoms with E-state index in [9.17, 15) is 9.59 Å². The monoisotopic (exact) mass is 299 g/mol. The van der Waals surface area contributed by atoms with Crippen molar-refractivity contribution in [3.8, 4) is 0 Å². The highest BCUT2D eigenvalue weighted by Gasteiger charge is 2.39. The van der Waals surface area contributed by atoms with Gasteiger partial charge in [0, 0.05) is 5.57 Å². The van der Waals surface area contributed by atoms with Crippen LogP contribution in [0.4, 0.5) is 4.79 Å². The van der Waals surface area contributed by atoms with Crippen LogP contribution in [0.2, 0.25) is 0 Å². The molecule has 0 spiro atoms. The minimum Gasteiger partial charge on any atom is -0.448 e. The Hall–Kier alpha value is -1.52. The van der Waals surface area contributed by atoms with Crippen LogP contribution in [-0.4, -0.2) is 29.3 Å². The van der Waals surface area contributed by atoms with Crippen molar-refractivity contribution < 1.29 is 19.2 Å². The molecule has 0 radical (unpaired) electrons. The van der Waals surface area contributed by atoms with Crippen molar-refractivity contribution in [1.82, 2.24) is 5.06 Å². The average Bonchev–Trinajstić information content (AvgIpc) is 2.34. The van der Waals surface area contributed by atoms with E-state index in [-0.39, 0.29) is 17.6 Å². The first-order valence-electron chi connectivity index (χ1n) is 7.31. The Labute approximate surface area is 128 Å². The molecule has 0 aliphatic carbocycles. The van der Waals surface area contributed by atoms with Crippen molar-refractivity contribution in [1.29, 1.82) is 0 Å². The number of carbonyl (C=O) groups is 2. The second-order valence-electron chi connectivity index (χ2n) is 6.66. The molecule has 0 saturated carbocycles. The highest BCUT2D eigenvalue weighted by atomic mass is 16.8. The molecule has 0 saturated heterocycles. The predicted octanol–water partition coefficient (Wildman–Crippen LogP) is 4.08. The molecule has 0 aromatic rings. The Kier molecular flexibility index (Phi) is 6.94. The van der Waals surface area contributed by atoms with Crippen LogP contribution in [0.5, 0.6) is 0 Å². The van der Waals surface area contributed by atoms with E-state index in [0.29, 0.717) is 6.42 Å². The van der Waals surface area contributed by atoms with Crippen molar-refractivity contribution in [3.63, 3.8) is 0 Å². The van der Waals surface area contributed by atoms with Gasteiger partial charge in [-0.05, 0) is 39.5 Å². The summed E-state index contributed by atoms with van der Waals surface area (Å²) in [6.07, 6.45) is 0.948. The number of rotatable bonds is 6. The highest BCUT2D eigenvalue weighted by molar-refractivity contribution is 5.87. The quantitative estimate of drug-likeness (QED) is 0.547. The van der Waals surface area contributed by atoms with Crippen molar-refractivity contribution >= 4 is 12.1 Å². The molecule has 0 rings (SSSR count). The molecule has 0 N–H and O–H groups in total. The summed E-state index contributed by atoms with van der Waals surface area (Å²) < 4.78 is 5.00. The first kappa shape index (κ1) is 19.5. The molecule has 5 nitrogen and oxygen atoms in total. The zero-order valence-electron chi connectivity index (χ0n) is 14.4. The van der Waals surface area contributed by atoms with Crippen LogP contribution in [-0.2, 0) is 14.4 Å². The number of hydrogen-bond acceptors (Lipinski definition) is 4. The summed E-state index contributed by atoms with van der Waals surface area (Å²) in [5.41, 5.74) is -0.448. The van der Waals surface area contributed by atoms with E-state index in [1.165, 1.54) is 6.92 Å². The lowest BCUT2D eigenvalue weighted by Gasteiger charge is -2.40. The van der Waals surface area contributed by atoms with Crippen molar-refractivity contribution in [3.05, 3.63) is 12.2 Å². The molecule has 0 aliphatic heterocycles. The maximum Gasteiger partial charge on any atom is 0.443 e. The van der Waals surface area contributed by atoms with Gasteiger partial charge in [0.15, 0.2) is 0 Å². The number of hydrogen-bond donors (Lipinski definition) is 0. The molecule has 0 bridgehead atoms. The molecule has 1 amide bonds. The fourth-order valence-electron chi connectivity index (χ4n) is 2.12. The Morgan fingerprint density at radius 1 is 1.14 bits per heavy atom. The van der Waals surface area contributed by atoms with Crippen molar-refractivity contribution in [2.75, 3.05) is 6.61 Å². The molecular formula is C16H29NO4. The summed E-state index contributed by atoms with van der Waals surface area (Å²) in [5, 5.41) is 1.03. The predicted molar refractivity (Wildman–Crippen MR) is 82.5 cm³/mol. The Morgan fingerprint density at radius 3 is 2.05 bits per heavy atom. The third-order valence-corrected chi connectivity index (χ3v) is 3.37. The second kappa shape index (κ2) is 7.48. The number of carbonyl (C=O) groups excluding carboxylic acids is 2. The molecule has 0 atom stereocenters. The maximum absolute atomic E-state index is 12.1. The first-order chi connectivity index (χ1) is 9.46. The second-order valence-corrected chi connectivity index (χ2v) is 6.66. The van der Waals surface area contributed by atoms with Crippen molar-refractivity contribution in [2.45, 2.75) is 66.8 Å². The van der Waals surface area contributed by atoms with Gasteiger partial charge in [-0.25, -0.2) is 9.59 Å². The smallest absolute Gasteiger partial charge is 0.443 e. The Bertz CT molecular complexity index is 399. The number of amides is 1. The third kappa shape index (κ3) is 6.19. The molecular weight excluding hydrogens is 270 g/mol. The maximum atomic E-state index is 12.1. The lowest BCUT2D eigenvalue weighted by molar-refractivity contribution is -0.201. The topological polar surface area (TPSA) is 55.8 Å². The number of nitrogens with zero attached hydrogens (tertiary/aromatic N) is 1. The number of ether oxygens (including phenoxy) is 1. The standard InChI is InChI=1S/C16H29NO4/c1-9-15(5,6)11-16(7,8)17(14(19)20-10-2)21-13(18)12(3)4/h3,9-11H2,1-2,4-8H3. The van der Waals surface area contributed by atoms with Gasteiger partial charge < -0.3 is 9.57 Å². The average molecular weight is 299 g/mol. The fourth-order valence-corrected chi connectivity index (χ4v) is 2.12. The summed E-state index contributed by atoms with van der Waals surface area (Å²) in [4.78, 5) is 29.1. The van der Waals surface area contributed by atoms with Gasteiger partial charge in [0.05, 0.1) is 12.1 Å². The van der Waals surface area contributed by atoms with Gasteiger partial charge in [-0.15, -0.1) is 5.06 Å². The van der Waals surface area contributed by atoms with Gasteiger partial charge in [0.25, 0.3) is 0 Å². The zero-order valence-corrected chi connectivity index (χ0v) is 14.4. The largest absolute Gasteiger partial charge is 0.448 e. The fraction of sp³-hybridized carbons (Fsp3) is 0.750. The lowest BCUT2D eigenvalue weighted by atomic mass is 9.78. The molecule has 122 valence electrons.